The number of Topliss-reactive ketones (excluding diaryl/α,β-unsaturated/α-hetero) is 1. The first kappa shape index (κ1) is 18.0. The van der Waals surface area contributed by atoms with E-state index in [2.05, 4.69) is 39.3 Å². The molecule has 0 aromatic carbocycles. The van der Waals surface area contributed by atoms with Crippen molar-refractivity contribution in [2.24, 2.45) is 0 Å². The van der Waals surface area contributed by atoms with Crippen LogP contribution in [-0.4, -0.2) is 35.6 Å². The Morgan fingerprint density at radius 1 is 0.778 bits per heavy atom. The van der Waals surface area contributed by atoms with E-state index < -0.39 is 16.6 Å². The minimum Gasteiger partial charge on any atom is -0.418 e. The van der Waals surface area contributed by atoms with Gasteiger partial charge in [-0.1, -0.05) is 0 Å². The molecule has 0 saturated carbocycles. The Balaban J connectivity index is 3.44. The van der Waals surface area contributed by atoms with Crippen molar-refractivity contribution in [2.75, 3.05) is 13.2 Å². The monoisotopic (exact) mass is 290 g/mol. The zero-order valence-corrected chi connectivity index (χ0v) is 15.0. The molecule has 0 aromatic rings. The molecule has 0 N–H and O–H groups in total. The van der Waals surface area contributed by atoms with Gasteiger partial charge in [0.1, 0.15) is 5.78 Å². The molecule has 0 amide bonds. The van der Waals surface area contributed by atoms with Crippen LogP contribution in [0.1, 0.15) is 25.7 Å². The van der Waals surface area contributed by atoms with E-state index in [0.717, 1.165) is 26.1 Å². The molecule has 0 unspecified atom stereocenters. The highest BCUT2D eigenvalue weighted by Crippen LogP contribution is 2.07. The summed E-state index contributed by atoms with van der Waals surface area (Å²) in [4.78, 5) is 11.6. The molecule has 0 radical (unpaired) electrons. The molecule has 0 atom stereocenters. The van der Waals surface area contributed by atoms with Crippen LogP contribution in [0.3, 0.4) is 0 Å². The van der Waals surface area contributed by atoms with E-state index in [1.54, 1.807) is 0 Å². The fourth-order valence-electron chi connectivity index (χ4n) is 1.42. The Morgan fingerprint density at radius 3 is 1.39 bits per heavy atom. The highest BCUT2D eigenvalue weighted by molar-refractivity contribution is 6.70. The van der Waals surface area contributed by atoms with Crippen molar-refractivity contribution in [3.8, 4) is 0 Å². The van der Waals surface area contributed by atoms with Gasteiger partial charge in [-0.05, 0) is 52.1 Å². The smallest absolute Gasteiger partial charge is 0.183 e. The Bertz CT molecular complexity index is 218. The van der Waals surface area contributed by atoms with Crippen molar-refractivity contribution in [1.29, 1.82) is 0 Å². The topological polar surface area (TPSA) is 35.5 Å². The fourth-order valence-corrected chi connectivity index (χ4v) is 2.93. The van der Waals surface area contributed by atoms with Gasteiger partial charge in [0.2, 0.25) is 0 Å². The third-order valence-electron chi connectivity index (χ3n) is 2.27. The summed E-state index contributed by atoms with van der Waals surface area (Å²) in [6, 6.07) is 0. The van der Waals surface area contributed by atoms with Gasteiger partial charge in [-0.3, -0.25) is 4.79 Å². The summed E-state index contributed by atoms with van der Waals surface area (Å²) in [6.07, 6.45) is 3.02. The Morgan fingerprint density at radius 2 is 1.11 bits per heavy atom. The number of ketones is 1. The van der Waals surface area contributed by atoms with Crippen molar-refractivity contribution < 1.29 is 13.6 Å². The minimum atomic E-state index is -1.41. The lowest BCUT2D eigenvalue weighted by molar-refractivity contribution is -0.119. The third kappa shape index (κ3) is 14.1. The molecule has 3 nitrogen and oxygen atoms in total. The lowest BCUT2D eigenvalue weighted by Gasteiger charge is -2.17. The fraction of sp³-hybridized carbons (Fsp3) is 0.923. The number of hydrogen-bond acceptors (Lipinski definition) is 3. The van der Waals surface area contributed by atoms with Crippen molar-refractivity contribution >= 4 is 22.4 Å². The minimum absolute atomic E-state index is 0.341. The van der Waals surface area contributed by atoms with Gasteiger partial charge in [0, 0.05) is 26.1 Å². The van der Waals surface area contributed by atoms with Crippen molar-refractivity contribution in [3.05, 3.63) is 0 Å². The molecular formula is C13H30O3Si2. The Labute approximate surface area is 115 Å². The molecule has 0 saturated heterocycles. The third-order valence-corrected chi connectivity index (χ3v) is 4.41. The predicted molar refractivity (Wildman–Crippen MR) is 82.1 cm³/mol. The zero-order valence-electron chi connectivity index (χ0n) is 13.0. The van der Waals surface area contributed by atoms with Crippen LogP contribution in [-0.2, 0) is 13.6 Å². The molecule has 0 rings (SSSR count). The molecule has 18 heavy (non-hydrogen) atoms. The molecule has 0 aliphatic carbocycles. The van der Waals surface area contributed by atoms with E-state index >= 15 is 0 Å². The van der Waals surface area contributed by atoms with Crippen LogP contribution < -0.4 is 0 Å². The number of carbonyl (C=O) groups excluding carboxylic acids is 1. The van der Waals surface area contributed by atoms with E-state index in [1.165, 1.54) is 0 Å². The highest BCUT2D eigenvalue weighted by atomic mass is 28.4. The predicted octanol–water partition coefficient (Wildman–Crippen LogP) is 3.82. The second-order valence-corrected chi connectivity index (χ2v) is 15.7. The van der Waals surface area contributed by atoms with E-state index in [0.29, 0.717) is 18.6 Å². The maximum Gasteiger partial charge on any atom is 0.183 e. The molecule has 0 heterocycles. The largest absolute Gasteiger partial charge is 0.418 e. The van der Waals surface area contributed by atoms with Crippen molar-refractivity contribution in [1.82, 2.24) is 0 Å². The summed E-state index contributed by atoms with van der Waals surface area (Å²) in [6.45, 7) is 14.5. The number of rotatable bonds is 10. The standard InChI is InChI=1S/C13H30O3Si2/c1-17(2,3)15-11-7-9-13(14)10-8-12-16-18(4,5)6/h7-12H2,1-6H3. The van der Waals surface area contributed by atoms with E-state index in [-0.39, 0.29) is 0 Å². The van der Waals surface area contributed by atoms with Gasteiger partial charge in [0.25, 0.3) is 0 Å². The summed E-state index contributed by atoms with van der Waals surface area (Å²) < 4.78 is 11.4. The van der Waals surface area contributed by atoms with Crippen LogP contribution in [0.15, 0.2) is 0 Å². The summed E-state index contributed by atoms with van der Waals surface area (Å²) >= 11 is 0. The molecule has 0 bridgehead atoms. The van der Waals surface area contributed by atoms with E-state index in [1.807, 2.05) is 0 Å². The maximum absolute atomic E-state index is 11.6. The second kappa shape index (κ2) is 8.25. The maximum atomic E-state index is 11.6. The normalized spacial score (nSPS) is 12.8. The summed E-state index contributed by atoms with van der Waals surface area (Å²) in [5, 5.41) is 0. The molecule has 0 aliphatic heterocycles. The van der Waals surface area contributed by atoms with Gasteiger partial charge in [-0.25, -0.2) is 0 Å². The van der Waals surface area contributed by atoms with Gasteiger partial charge in [-0.2, -0.15) is 0 Å². The van der Waals surface area contributed by atoms with Crippen LogP contribution in [0.25, 0.3) is 0 Å². The molecule has 108 valence electrons. The SMILES string of the molecule is C[Si](C)(C)OCCCC(=O)CCCO[Si](C)(C)C. The lowest BCUT2D eigenvalue weighted by Crippen LogP contribution is -2.26. The number of hydrogen-bond donors (Lipinski definition) is 0. The Hall–Kier alpha value is 0.0238. The van der Waals surface area contributed by atoms with Crippen molar-refractivity contribution in [3.63, 3.8) is 0 Å². The van der Waals surface area contributed by atoms with Crippen LogP contribution in [0, 0.1) is 0 Å². The summed E-state index contributed by atoms with van der Waals surface area (Å²) in [5.74, 6) is 0.341. The van der Waals surface area contributed by atoms with E-state index in [4.69, 9.17) is 8.85 Å². The summed E-state index contributed by atoms with van der Waals surface area (Å²) in [5.41, 5.74) is 0. The first-order valence-corrected chi connectivity index (χ1v) is 13.7. The molecule has 0 spiro atoms. The summed E-state index contributed by atoms with van der Waals surface area (Å²) in [7, 11) is -2.82. The molecule has 5 heteroatoms. The first-order chi connectivity index (χ1) is 8.10. The highest BCUT2D eigenvalue weighted by Gasteiger charge is 2.15. The molecular weight excluding hydrogens is 260 g/mol. The van der Waals surface area contributed by atoms with Crippen molar-refractivity contribution in [2.45, 2.75) is 65.0 Å². The van der Waals surface area contributed by atoms with Gasteiger partial charge in [0.15, 0.2) is 16.6 Å². The quantitative estimate of drug-likeness (QED) is 0.453. The zero-order chi connectivity index (χ0) is 14.2. The molecule has 0 aliphatic rings. The second-order valence-electron chi connectivity index (χ2n) is 6.67. The van der Waals surface area contributed by atoms with Crippen LogP contribution in [0.2, 0.25) is 39.3 Å². The van der Waals surface area contributed by atoms with Gasteiger partial charge >= 0.3 is 0 Å². The van der Waals surface area contributed by atoms with Gasteiger partial charge < -0.3 is 8.85 Å². The van der Waals surface area contributed by atoms with Gasteiger partial charge in [0.05, 0.1) is 0 Å². The molecule has 0 aromatic heterocycles. The first-order valence-electron chi connectivity index (χ1n) is 6.90. The lowest BCUT2D eigenvalue weighted by atomic mass is 10.1. The van der Waals surface area contributed by atoms with E-state index in [9.17, 15) is 4.79 Å². The van der Waals surface area contributed by atoms with Gasteiger partial charge in [-0.15, -0.1) is 0 Å². The average molecular weight is 291 g/mol. The van der Waals surface area contributed by atoms with Crippen LogP contribution in [0.4, 0.5) is 0 Å². The van der Waals surface area contributed by atoms with Crippen LogP contribution >= 0.6 is 0 Å². The van der Waals surface area contributed by atoms with Crippen LogP contribution in [0.5, 0.6) is 0 Å². The Kier molecular flexibility index (Phi) is 8.26. The molecule has 0 fully saturated rings. The average Bonchev–Trinajstić information content (AvgIpc) is 2.17. The number of carbonyl (C=O) groups is 1.